The Morgan fingerprint density at radius 1 is 1.19 bits per heavy atom. The lowest BCUT2D eigenvalue weighted by Gasteiger charge is -2.23. The summed E-state index contributed by atoms with van der Waals surface area (Å²) < 4.78 is 0. The molecule has 0 aliphatic heterocycles. The van der Waals surface area contributed by atoms with E-state index in [1.807, 2.05) is 6.92 Å². The minimum Gasteiger partial charge on any atom is -0.354 e. The molecular weight excluding hydrogens is 200 g/mol. The molecule has 3 N–H and O–H groups in total. The number of hydrogen-bond donors (Lipinski definition) is 2. The SMILES string of the molecule is CCC(CC)C(N)CNC(=O)C(C)C(C)C. The fraction of sp³-hybridized carbons (Fsp3) is 0.923. The Kier molecular flexibility index (Phi) is 7.39. The van der Waals surface area contributed by atoms with Crippen LogP contribution in [0.5, 0.6) is 0 Å². The first-order valence-corrected chi connectivity index (χ1v) is 6.47. The zero-order valence-corrected chi connectivity index (χ0v) is 11.4. The van der Waals surface area contributed by atoms with Crippen LogP contribution in [0.3, 0.4) is 0 Å². The highest BCUT2D eigenvalue weighted by molar-refractivity contribution is 5.78. The molecule has 0 aromatic carbocycles. The maximum atomic E-state index is 11.7. The Bertz CT molecular complexity index is 200. The summed E-state index contributed by atoms with van der Waals surface area (Å²) >= 11 is 0. The summed E-state index contributed by atoms with van der Waals surface area (Å²) in [5.41, 5.74) is 6.05. The van der Waals surface area contributed by atoms with E-state index in [1.54, 1.807) is 0 Å². The predicted molar refractivity (Wildman–Crippen MR) is 69.1 cm³/mol. The highest BCUT2D eigenvalue weighted by Gasteiger charge is 2.19. The number of nitrogens with two attached hydrogens (primary N) is 1. The van der Waals surface area contributed by atoms with E-state index >= 15 is 0 Å². The maximum absolute atomic E-state index is 11.7. The van der Waals surface area contributed by atoms with Crippen LogP contribution >= 0.6 is 0 Å². The number of carbonyl (C=O) groups excluding carboxylic acids is 1. The highest BCUT2D eigenvalue weighted by atomic mass is 16.1. The van der Waals surface area contributed by atoms with Crippen molar-refractivity contribution in [3.05, 3.63) is 0 Å². The molecule has 0 radical (unpaired) electrons. The quantitative estimate of drug-likeness (QED) is 0.701. The third-order valence-corrected chi connectivity index (χ3v) is 3.58. The van der Waals surface area contributed by atoms with Crippen LogP contribution in [-0.2, 0) is 4.79 Å². The molecule has 2 atom stereocenters. The Morgan fingerprint density at radius 2 is 1.69 bits per heavy atom. The van der Waals surface area contributed by atoms with Crippen molar-refractivity contribution in [1.29, 1.82) is 0 Å². The molecule has 0 rings (SSSR count). The van der Waals surface area contributed by atoms with Gasteiger partial charge in [0.15, 0.2) is 0 Å². The van der Waals surface area contributed by atoms with Gasteiger partial charge in [-0.15, -0.1) is 0 Å². The van der Waals surface area contributed by atoms with Crippen molar-refractivity contribution in [3.63, 3.8) is 0 Å². The molecule has 0 aliphatic carbocycles. The first kappa shape index (κ1) is 15.4. The van der Waals surface area contributed by atoms with E-state index in [2.05, 4.69) is 33.0 Å². The number of amides is 1. The second-order valence-electron chi connectivity index (χ2n) is 5.02. The number of nitrogens with one attached hydrogen (secondary N) is 1. The van der Waals surface area contributed by atoms with Crippen molar-refractivity contribution >= 4 is 5.91 Å². The average molecular weight is 228 g/mol. The molecule has 3 nitrogen and oxygen atoms in total. The van der Waals surface area contributed by atoms with E-state index in [0.29, 0.717) is 18.4 Å². The van der Waals surface area contributed by atoms with E-state index in [0.717, 1.165) is 12.8 Å². The van der Waals surface area contributed by atoms with E-state index in [-0.39, 0.29) is 17.9 Å². The molecule has 1 amide bonds. The van der Waals surface area contributed by atoms with Gasteiger partial charge in [0.2, 0.25) is 5.91 Å². The third kappa shape index (κ3) is 4.97. The van der Waals surface area contributed by atoms with Crippen molar-refractivity contribution in [1.82, 2.24) is 5.32 Å². The fourth-order valence-electron chi connectivity index (χ4n) is 1.74. The standard InChI is InChI=1S/C13H28N2O/c1-6-11(7-2)12(14)8-15-13(16)10(5)9(3)4/h9-12H,6-8,14H2,1-5H3,(H,15,16). The number of carbonyl (C=O) groups is 1. The Labute approximate surface area is 100 Å². The second-order valence-corrected chi connectivity index (χ2v) is 5.02. The molecule has 0 heterocycles. The minimum atomic E-state index is 0.0638. The van der Waals surface area contributed by atoms with Crippen LogP contribution in [0.1, 0.15) is 47.5 Å². The van der Waals surface area contributed by atoms with Gasteiger partial charge in [-0.25, -0.2) is 0 Å². The molecule has 16 heavy (non-hydrogen) atoms. The van der Waals surface area contributed by atoms with Crippen LogP contribution in [0.25, 0.3) is 0 Å². The van der Waals surface area contributed by atoms with Crippen LogP contribution in [0, 0.1) is 17.8 Å². The summed E-state index contributed by atoms with van der Waals surface area (Å²) in [6.07, 6.45) is 2.15. The fourth-order valence-corrected chi connectivity index (χ4v) is 1.74. The number of rotatable bonds is 7. The van der Waals surface area contributed by atoms with E-state index in [4.69, 9.17) is 5.73 Å². The summed E-state index contributed by atoms with van der Waals surface area (Å²) in [7, 11) is 0. The summed E-state index contributed by atoms with van der Waals surface area (Å²) in [5.74, 6) is 1.07. The summed E-state index contributed by atoms with van der Waals surface area (Å²) in [4.78, 5) is 11.7. The molecule has 0 spiro atoms. The second kappa shape index (κ2) is 7.66. The Hall–Kier alpha value is -0.570. The molecule has 0 aliphatic rings. The van der Waals surface area contributed by atoms with Crippen molar-refractivity contribution in [2.75, 3.05) is 6.54 Å². The molecule has 0 aromatic rings. The molecule has 0 bridgehead atoms. The van der Waals surface area contributed by atoms with Gasteiger partial charge in [0, 0.05) is 18.5 Å². The van der Waals surface area contributed by atoms with Gasteiger partial charge >= 0.3 is 0 Å². The number of hydrogen-bond acceptors (Lipinski definition) is 2. The monoisotopic (exact) mass is 228 g/mol. The Morgan fingerprint density at radius 3 is 2.06 bits per heavy atom. The van der Waals surface area contributed by atoms with Crippen molar-refractivity contribution < 1.29 is 4.79 Å². The van der Waals surface area contributed by atoms with Crippen molar-refractivity contribution in [3.8, 4) is 0 Å². The summed E-state index contributed by atoms with van der Waals surface area (Å²) in [5, 5.41) is 2.95. The first-order valence-electron chi connectivity index (χ1n) is 6.47. The third-order valence-electron chi connectivity index (χ3n) is 3.58. The predicted octanol–water partition coefficient (Wildman–Crippen LogP) is 2.16. The van der Waals surface area contributed by atoms with E-state index in [1.165, 1.54) is 0 Å². The van der Waals surface area contributed by atoms with Crippen LogP contribution in [-0.4, -0.2) is 18.5 Å². The van der Waals surface area contributed by atoms with E-state index < -0.39 is 0 Å². The van der Waals surface area contributed by atoms with Crippen molar-refractivity contribution in [2.24, 2.45) is 23.5 Å². The van der Waals surface area contributed by atoms with E-state index in [9.17, 15) is 4.79 Å². The molecule has 0 aromatic heterocycles. The van der Waals surface area contributed by atoms with Gasteiger partial charge in [0.05, 0.1) is 0 Å². The summed E-state index contributed by atoms with van der Waals surface area (Å²) in [6.45, 7) is 11.0. The van der Waals surface area contributed by atoms with Crippen LogP contribution < -0.4 is 11.1 Å². The van der Waals surface area contributed by atoms with Crippen LogP contribution in [0.4, 0.5) is 0 Å². The van der Waals surface area contributed by atoms with Crippen LogP contribution in [0.15, 0.2) is 0 Å². The molecule has 3 heteroatoms. The molecule has 0 fully saturated rings. The lowest BCUT2D eigenvalue weighted by atomic mass is 9.94. The maximum Gasteiger partial charge on any atom is 0.223 e. The lowest BCUT2D eigenvalue weighted by Crippen LogP contribution is -2.43. The molecular formula is C13H28N2O. The zero-order valence-electron chi connectivity index (χ0n) is 11.4. The van der Waals surface area contributed by atoms with Gasteiger partial charge in [-0.05, 0) is 11.8 Å². The molecule has 0 saturated carbocycles. The van der Waals surface area contributed by atoms with Crippen molar-refractivity contribution in [2.45, 2.75) is 53.5 Å². The van der Waals surface area contributed by atoms with Gasteiger partial charge in [-0.1, -0.05) is 47.5 Å². The summed E-state index contributed by atoms with van der Waals surface area (Å²) in [6, 6.07) is 0.0818. The average Bonchev–Trinajstić information content (AvgIpc) is 2.26. The Balaban J connectivity index is 4.00. The first-order chi connectivity index (χ1) is 7.43. The highest BCUT2D eigenvalue weighted by Crippen LogP contribution is 2.12. The van der Waals surface area contributed by atoms with Gasteiger partial charge in [-0.3, -0.25) is 4.79 Å². The molecule has 96 valence electrons. The van der Waals surface area contributed by atoms with Crippen LogP contribution in [0.2, 0.25) is 0 Å². The van der Waals surface area contributed by atoms with Gasteiger partial charge in [0.25, 0.3) is 0 Å². The zero-order chi connectivity index (χ0) is 12.7. The van der Waals surface area contributed by atoms with Gasteiger partial charge in [0.1, 0.15) is 0 Å². The van der Waals surface area contributed by atoms with Gasteiger partial charge in [-0.2, -0.15) is 0 Å². The lowest BCUT2D eigenvalue weighted by molar-refractivity contribution is -0.125. The smallest absolute Gasteiger partial charge is 0.223 e. The normalized spacial score (nSPS) is 15.2. The topological polar surface area (TPSA) is 55.1 Å². The van der Waals surface area contributed by atoms with Gasteiger partial charge < -0.3 is 11.1 Å². The minimum absolute atomic E-state index is 0.0638. The largest absolute Gasteiger partial charge is 0.354 e. The molecule has 2 unspecified atom stereocenters. The molecule has 0 saturated heterocycles.